The van der Waals surface area contributed by atoms with Crippen molar-refractivity contribution in [3.05, 3.63) is 67.5 Å². The lowest BCUT2D eigenvalue weighted by Gasteiger charge is -2.15. The van der Waals surface area contributed by atoms with Gasteiger partial charge in [0.1, 0.15) is 5.82 Å². The summed E-state index contributed by atoms with van der Waals surface area (Å²) < 4.78 is 14.4. The van der Waals surface area contributed by atoms with Gasteiger partial charge in [0.15, 0.2) is 0 Å². The van der Waals surface area contributed by atoms with E-state index < -0.39 is 0 Å². The third-order valence-electron chi connectivity index (χ3n) is 2.73. The molecule has 2 aromatic carbocycles. The molecular formula is C14H10Cl2FI. The molecule has 0 bridgehead atoms. The highest BCUT2D eigenvalue weighted by atomic mass is 127. The average molecular weight is 395 g/mol. The monoisotopic (exact) mass is 394 g/mol. The van der Waals surface area contributed by atoms with Crippen LogP contribution in [0.15, 0.2) is 36.4 Å². The second-order valence-corrected chi connectivity index (χ2v) is 6.01. The molecule has 0 aliphatic carbocycles. The van der Waals surface area contributed by atoms with E-state index in [1.165, 1.54) is 6.07 Å². The summed E-state index contributed by atoms with van der Waals surface area (Å²) in [4.78, 5) is 0. The summed E-state index contributed by atoms with van der Waals surface area (Å²) in [5, 5.41) is -0.0114. The van der Waals surface area contributed by atoms with E-state index >= 15 is 0 Å². The molecule has 0 spiro atoms. The van der Waals surface area contributed by atoms with Gasteiger partial charge in [-0.15, -0.1) is 11.6 Å². The van der Waals surface area contributed by atoms with Crippen molar-refractivity contribution in [3.63, 3.8) is 0 Å². The minimum absolute atomic E-state index is 0.310. The van der Waals surface area contributed by atoms with Gasteiger partial charge in [-0.3, -0.25) is 0 Å². The fraction of sp³-hybridized carbons (Fsp3) is 0.143. The lowest BCUT2D eigenvalue weighted by Crippen LogP contribution is -1.99. The Kier molecular flexibility index (Phi) is 4.51. The fourth-order valence-electron chi connectivity index (χ4n) is 1.72. The van der Waals surface area contributed by atoms with Crippen molar-refractivity contribution in [2.24, 2.45) is 0 Å². The van der Waals surface area contributed by atoms with Gasteiger partial charge in [0, 0.05) is 8.59 Å². The van der Waals surface area contributed by atoms with Crippen molar-refractivity contribution in [1.29, 1.82) is 0 Å². The van der Waals surface area contributed by atoms with E-state index in [1.54, 1.807) is 13.0 Å². The van der Waals surface area contributed by atoms with Gasteiger partial charge >= 0.3 is 0 Å². The Morgan fingerprint density at radius 1 is 1.17 bits per heavy atom. The molecular weight excluding hydrogens is 385 g/mol. The Bertz CT molecular complexity index is 584. The molecule has 0 saturated carbocycles. The summed E-state index contributed by atoms with van der Waals surface area (Å²) in [6.45, 7) is 1.70. The second kappa shape index (κ2) is 5.76. The van der Waals surface area contributed by atoms with E-state index in [-0.39, 0.29) is 11.2 Å². The molecule has 0 amide bonds. The van der Waals surface area contributed by atoms with Gasteiger partial charge in [-0.2, -0.15) is 0 Å². The first-order valence-electron chi connectivity index (χ1n) is 5.34. The van der Waals surface area contributed by atoms with E-state index in [0.717, 1.165) is 14.7 Å². The summed E-state index contributed by atoms with van der Waals surface area (Å²) in [5.41, 5.74) is 2.26. The molecule has 0 radical (unpaired) electrons. The number of halogens is 4. The number of hydrogen-bond donors (Lipinski definition) is 0. The van der Waals surface area contributed by atoms with E-state index in [4.69, 9.17) is 23.2 Å². The van der Waals surface area contributed by atoms with Gasteiger partial charge < -0.3 is 0 Å². The van der Waals surface area contributed by atoms with Gasteiger partial charge in [0.25, 0.3) is 0 Å². The maximum absolute atomic E-state index is 13.4. The minimum atomic E-state index is -0.370. The highest BCUT2D eigenvalue weighted by Gasteiger charge is 2.18. The zero-order valence-electron chi connectivity index (χ0n) is 9.55. The summed E-state index contributed by atoms with van der Waals surface area (Å²) in [7, 11) is 0. The van der Waals surface area contributed by atoms with Crippen molar-refractivity contribution in [2.45, 2.75) is 12.3 Å². The molecule has 4 heteroatoms. The number of benzene rings is 2. The molecule has 0 aromatic heterocycles. The summed E-state index contributed by atoms with van der Waals surface area (Å²) in [6.07, 6.45) is 0. The van der Waals surface area contributed by atoms with Crippen molar-refractivity contribution in [1.82, 2.24) is 0 Å². The van der Waals surface area contributed by atoms with Gasteiger partial charge in [-0.05, 0) is 64.4 Å². The highest BCUT2D eigenvalue weighted by molar-refractivity contribution is 14.1. The number of alkyl halides is 1. The molecule has 2 aromatic rings. The third-order valence-corrected chi connectivity index (χ3v) is 4.51. The quantitative estimate of drug-likeness (QED) is 0.451. The molecule has 1 unspecified atom stereocenters. The van der Waals surface area contributed by atoms with Gasteiger partial charge in [0.05, 0.1) is 5.38 Å². The van der Waals surface area contributed by atoms with E-state index in [1.807, 2.05) is 24.3 Å². The fourth-order valence-corrected chi connectivity index (χ4v) is 3.29. The number of aryl methyl sites for hydroxylation is 1. The Balaban J connectivity index is 2.50. The molecule has 0 fully saturated rings. The molecule has 1 atom stereocenters. The molecule has 0 aliphatic rings. The predicted molar refractivity (Wildman–Crippen MR) is 83.0 cm³/mol. The van der Waals surface area contributed by atoms with Crippen molar-refractivity contribution in [2.75, 3.05) is 0 Å². The molecule has 0 heterocycles. The topological polar surface area (TPSA) is 0 Å². The van der Waals surface area contributed by atoms with Crippen LogP contribution in [0.2, 0.25) is 5.02 Å². The largest absolute Gasteiger partial charge is 0.207 e. The zero-order chi connectivity index (χ0) is 13.3. The first-order chi connectivity index (χ1) is 8.50. The SMILES string of the molecule is Cc1cc(C(Cl)c2ccccc2I)c(Cl)cc1F. The molecule has 0 nitrogen and oxygen atoms in total. The van der Waals surface area contributed by atoms with Crippen LogP contribution >= 0.6 is 45.8 Å². The predicted octanol–water partition coefficient (Wildman–Crippen LogP) is 5.72. The van der Waals surface area contributed by atoms with Crippen molar-refractivity contribution >= 4 is 45.8 Å². The van der Waals surface area contributed by atoms with Crippen LogP contribution in [0.5, 0.6) is 0 Å². The van der Waals surface area contributed by atoms with Crippen LogP contribution < -0.4 is 0 Å². The Morgan fingerprint density at radius 3 is 2.50 bits per heavy atom. The van der Waals surface area contributed by atoms with Gasteiger partial charge in [-0.1, -0.05) is 29.8 Å². The Hall–Kier alpha value is -0.320. The third kappa shape index (κ3) is 2.81. The molecule has 0 aliphatic heterocycles. The summed E-state index contributed by atoms with van der Waals surface area (Å²) in [6, 6.07) is 10.8. The first-order valence-corrected chi connectivity index (χ1v) is 7.24. The van der Waals surface area contributed by atoms with E-state index in [0.29, 0.717) is 10.6 Å². The number of hydrogen-bond acceptors (Lipinski definition) is 0. The van der Waals surface area contributed by atoms with Crippen LogP contribution in [0.3, 0.4) is 0 Å². The zero-order valence-corrected chi connectivity index (χ0v) is 13.2. The van der Waals surface area contributed by atoms with Crippen LogP contribution in [0.4, 0.5) is 4.39 Å². The van der Waals surface area contributed by atoms with Crippen LogP contribution in [-0.4, -0.2) is 0 Å². The van der Waals surface area contributed by atoms with Crippen molar-refractivity contribution in [3.8, 4) is 0 Å². The maximum atomic E-state index is 13.4. The Labute approximate surface area is 129 Å². The molecule has 94 valence electrons. The van der Waals surface area contributed by atoms with Gasteiger partial charge in [0.2, 0.25) is 0 Å². The Morgan fingerprint density at radius 2 is 1.83 bits per heavy atom. The summed E-state index contributed by atoms with van der Waals surface area (Å²) >= 11 is 14.8. The van der Waals surface area contributed by atoms with Gasteiger partial charge in [-0.25, -0.2) is 4.39 Å². The van der Waals surface area contributed by atoms with E-state index in [2.05, 4.69) is 22.6 Å². The average Bonchev–Trinajstić information content (AvgIpc) is 2.33. The lowest BCUT2D eigenvalue weighted by atomic mass is 10.0. The highest BCUT2D eigenvalue weighted by Crippen LogP contribution is 2.36. The molecule has 2 rings (SSSR count). The van der Waals surface area contributed by atoms with Crippen molar-refractivity contribution < 1.29 is 4.39 Å². The van der Waals surface area contributed by atoms with Crippen LogP contribution in [0, 0.1) is 16.3 Å². The minimum Gasteiger partial charge on any atom is -0.207 e. The summed E-state index contributed by atoms with van der Waals surface area (Å²) in [5.74, 6) is -0.310. The molecule has 0 saturated heterocycles. The van der Waals surface area contributed by atoms with Crippen LogP contribution in [0.1, 0.15) is 22.1 Å². The first kappa shape index (κ1) is 14.1. The molecule has 18 heavy (non-hydrogen) atoms. The van der Waals surface area contributed by atoms with Crippen LogP contribution in [0.25, 0.3) is 0 Å². The normalized spacial score (nSPS) is 12.5. The maximum Gasteiger partial charge on any atom is 0.127 e. The standard InChI is InChI=1S/C14H10Cl2FI/c1-8-6-10(11(15)7-12(8)17)14(16)9-4-2-3-5-13(9)18/h2-7,14H,1H3. The van der Waals surface area contributed by atoms with Crippen LogP contribution in [-0.2, 0) is 0 Å². The smallest absolute Gasteiger partial charge is 0.127 e. The second-order valence-electron chi connectivity index (χ2n) is 4.01. The number of rotatable bonds is 2. The lowest BCUT2D eigenvalue weighted by molar-refractivity contribution is 0.618. The van der Waals surface area contributed by atoms with E-state index in [9.17, 15) is 4.39 Å². The molecule has 0 N–H and O–H groups in total.